The first-order chi connectivity index (χ1) is 9.82. The molecule has 21 heavy (non-hydrogen) atoms. The molecule has 1 fully saturated rings. The molecule has 0 aromatic heterocycles. The predicted octanol–water partition coefficient (Wildman–Crippen LogP) is 3.24. The van der Waals surface area contributed by atoms with Crippen LogP contribution in [0, 0.1) is 5.41 Å². The molecule has 2 N–H and O–H groups in total. The number of piperidine rings is 1. The summed E-state index contributed by atoms with van der Waals surface area (Å²) in [6.07, 6.45) is 4.44. The molecular weight excluding hydrogens is 268 g/mol. The second kappa shape index (κ2) is 7.14. The molecule has 0 aromatic carbocycles. The highest BCUT2D eigenvalue weighted by atomic mass is 16.4. The maximum absolute atomic E-state index is 12.3. The Bertz CT molecular complexity index is 370. The Morgan fingerprint density at radius 3 is 2.10 bits per heavy atom. The van der Waals surface area contributed by atoms with Crippen molar-refractivity contribution < 1.29 is 14.7 Å². The Morgan fingerprint density at radius 2 is 1.71 bits per heavy atom. The molecule has 0 atom stereocenters. The van der Waals surface area contributed by atoms with Crippen LogP contribution >= 0.6 is 0 Å². The van der Waals surface area contributed by atoms with Gasteiger partial charge in [0.25, 0.3) is 0 Å². The van der Waals surface area contributed by atoms with Crippen LogP contribution in [0.15, 0.2) is 0 Å². The summed E-state index contributed by atoms with van der Waals surface area (Å²) in [5.41, 5.74) is -0.813. The zero-order chi connectivity index (χ0) is 16.1. The quantitative estimate of drug-likeness (QED) is 0.791. The highest BCUT2D eigenvalue weighted by molar-refractivity contribution is 5.77. The molecule has 0 spiro atoms. The van der Waals surface area contributed by atoms with Crippen molar-refractivity contribution in [1.82, 2.24) is 10.2 Å². The summed E-state index contributed by atoms with van der Waals surface area (Å²) in [7, 11) is 0. The first-order valence-electron chi connectivity index (χ1n) is 8.13. The van der Waals surface area contributed by atoms with Gasteiger partial charge in [-0.2, -0.15) is 0 Å². The number of carbonyl (C=O) groups is 2. The Hall–Kier alpha value is -1.26. The molecular formula is C16H30N2O3. The maximum atomic E-state index is 12.3. The van der Waals surface area contributed by atoms with Gasteiger partial charge < -0.3 is 15.3 Å². The van der Waals surface area contributed by atoms with Gasteiger partial charge in [-0.15, -0.1) is 0 Å². The normalized spacial score (nSPS) is 18.4. The minimum absolute atomic E-state index is 0.0586. The zero-order valence-corrected chi connectivity index (χ0v) is 13.9. The van der Waals surface area contributed by atoms with Crippen molar-refractivity contribution in [2.24, 2.45) is 5.41 Å². The van der Waals surface area contributed by atoms with Gasteiger partial charge in [-0.1, -0.05) is 27.2 Å². The first kappa shape index (κ1) is 17.8. The molecule has 0 aliphatic carbocycles. The van der Waals surface area contributed by atoms with Crippen molar-refractivity contribution in [2.75, 3.05) is 13.1 Å². The van der Waals surface area contributed by atoms with Crippen LogP contribution in [0.2, 0.25) is 0 Å². The van der Waals surface area contributed by atoms with Gasteiger partial charge in [-0.3, -0.25) is 4.79 Å². The van der Waals surface area contributed by atoms with Crippen molar-refractivity contribution in [3.05, 3.63) is 0 Å². The minimum Gasteiger partial charge on any atom is -0.481 e. The van der Waals surface area contributed by atoms with E-state index in [2.05, 4.69) is 19.2 Å². The molecule has 0 unspecified atom stereocenters. The molecule has 2 amide bonds. The number of hydrogen-bond acceptors (Lipinski definition) is 2. The third-order valence-corrected chi connectivity index (χ3v) is 5.16. The van der Waals surface area contributed by atoms with E-state index in [1.165, 1.54) is 0 Å². The molecule has 1 saturated heterocycles. The summed E-state index contributed by atoms with van der Waals surface area (Å²) in [6.45, 7) is 9.25. The Morgan fingerprint density at radius 1 is 1.19 bits per heavy atom. The number of nitrogens with zero attached hydrogens (tertiary/aromatic N) is 1. The third-order valence-electron chi connectivity index (χ3n) is 5.16. The predicted molar refractivity (Wildman–Crippen MR) is 83.3 cm³/mol. The van der Waals surface area contributed by atoms with Gasteiger partial charge in [0.1, 0.15) is 0 Å². The average molecular weight is 298 g/mol. The smallest absolute Gasteiger partial charge is 0.317 e. The molecule has 0 saturated carbocycles. The van der Waals surface area contributed by atoms with Crippen LogP contribution in [0.1, 0.15) is 66.2 Å². The summed E-state index contributed by atoms with van der Waals surface area (Å²) in [5.74, 6) is -0.712. The van der Waals surface area contributed by atoms with E-state index in [0.29, 0.717) is 32.4 Å². The molecule has 1 rings (SSSR count). The van der Waals surface area contributed by atoms with Crippen LogP contribution in [0.25, 0.3) is 0 Å². The van der Waals surface area contributed by atoms with E-state index >= 15 is 0 Å². The van der Waals surface area contributed by atoms with Gasteiger partial charge in [0.05, 0.1) is 5.41 Å². The van der Waals surface area contributed by atoms with Crippen LogP contribution in [0.4, 0.5) is 4.79 Å². The standard InChI is InChI=1S/C16H30N2O3/c1-5-8-16(13(19)20)9-11-18(12-10-16)14(21)17-15(4,6-2)7-3/h5-12H2,1-4H3,(H,17,21)(H,19,20). The largest absolute Gasteiger partial charge is 0.481 e. The number of amides is 2. The van der Waals surface area contributed by atoms with E-state index in [-0.39, 0.29) is 11.6 Å². The van der Waals surface area contributed by atoms with Crippen molar-refractivity contribution in [1.29, 1.82) is 0 Å². The topological polar surface area (TPSA) is 69.6 Å². The molecule has 0 aromatic rings. The number of likely N-dealkylation sites (tertiary alicyclic amines) is 1. The maximum Gasteiger partial charge on any atom is 0.317 e. The van der Waals surface area contributed by atoms with Gasteiger partial charge in [-0.05, 0) is 39.0 Å². The fourth-order valence-corrected chi connectivity index (χ4v) is 2.95. The number of urea groups is 1. The second-order valence-corrected chi connectivity index (χ2v) is 6.52. The summed E-state index contributed by atoms with van der Waals surface area (Å²) >= 11 is 0. The van der Waals surface area contributed by atoms with Crippen LogP contribution in [0.5, 0.6) is 0 Å². The SMILES string of the molecule is CCCC1(C(=O)O)CCN(C(=O)NC(C)(CC)CC)CC1. The van der Waals surface area contributed by atoms with Gasteiger partial charge in [0.15, 0.2) is 0 Å². The van der Waals surface area contributed by atoms with Crippen molar-refractivity contribution in [3.63, 3.8) is 0 Å². The monoisotopic (exact) mass is 298 g/mol. The third kappa shape index (κ3) is 4.11. The van der Waals surface area contributed by atoms with Gasteiger partial charge in [-0.25, -0.2) is 4.79 Å². The van der Waals surface area contributed by atoms with E-state index in [1.807, 2.05) is 13.8 Å². The molecule has 5 nitrogen and oxygen atoms in total. The average Bonchev–Trinajstić information content (AvgIpc) is 2.47. The molecule has 1 aliphatic rings. The van der Waals surface area contributed by atoms with Crippen LogP contribution in [-0.4, -0.2) is 40.6 Å². The van der Waals surface area contributed by atoms with E-state index in [9.17, 15) is 14.7 Å². The molecule has 5 heteroatoms. The second-order valence-electron chi connectivity index (χ2n) is 6.52. The summed E-state index contributed by atoms with van der Waals surface area (Å²) < 4.78 is 0. The van der Waals surface area contributed by atoms with Crippen molar-refractivity contribution in [2.45, 2.75) is 71.8 Å². The number of carboxylic acid groups (broad SMARTS) is 1. The van der Waals surface area contributed by atoms with Crippen molar-refractivity contribution in [3.8, 4) is 0 Å². The number of nitrogens with one attached hydrogen (secondary N) is 1. The van der Waals surface area contributed by atoms with Gasteiger partial charge in [0, 0.05) is 18.6 Å². The van der Waals surface area contributed by atoms with E-state index in [1.54, 1.807) is 4.90 Å². The lowest BCUT2D eigenvalue weighted by atomic mass is 9.75. The Balaban J connectivity index is 2.63. The Labute approximate surface area is 128 Å². The number of carbonyl (C=O) groups excluding carboxylic acids is 1. The highest BCUT2D eigenvalue weighted by Crippen LogP contribution is 2.36. The number of carboxylic acids is 1. The summed E-state index contributed by atoms with van der Waals surface area (Å²) in [4.78, 5) is 25.6. The van der Waals surface area contributed by atoms with E-state index < -0.39 is 11.4 Å². The minimum atomic E-state index is -0.712. The molecule has 0 bridgehead atoms. The molecule has 0 radical (unpaired) electrons. The van der Waals surface area contributed by atoms with Crippen LogP contribution < -0.4 is 5.32 Å². The van der Waals surface area contributed by atoms with Gasteiger partial charge in [0.2, 0.25) is 0 Å². The van der Waals surface area contributed by atoms with Crippen LogP contribution in [0.3, 0.4) is 0 Å². The summed E-state index contributed by atoms with van der Waals surface area (Å²) in [5, 5.41) is 12.6. The Kier molecular flexibility index (Phi) is 6.05. The fraction of sp³-hybridized carbons (Fsp3) is 0.875. The molecule has 122 valence electrons. The van der Waals surface area contributed by atoms with Crippen molar-refractivity contribution >= 4 is 12.0 Å². The summed E-state index contributed by atoms with van der Waals surface area (Å²) in [6, 6.07) is -0.0586. The van der Waals surface area contributed by atoms with Gasteiger partial charge >= 0.3 is 12.0 Å². The number of hydrogen-bond donors (Lipinski definition) is 2. The number of rotatable bonds is 6. The number of aliphatic carboxylic acids is 1. The fourth-order valence-electron chi connectivity index (χ4n) is 2.95. The first-order valence-corrected chi connectivity index (χ1v) is 8.13. The van der Waals surface area contributed by atoms with E-state index in [0.717, 1.165) is 19.3 Å². The molecule has 1 aliphatic heterocycles. The lowest BCUT2D eigenvalue weighted by molar-refractivity contribution is -0.152. The highest BCUT2D eigenvalue weighted by Gasteiger charge is 2.41. The van der Waals surface area contributed by atoms with E-state index in [4.69, 9.17) is 0 Å². The molecule has 1 heterocycles. The zero-order valence-electron chi connectivity index (χ0n) is 13.9. The lowest BCUT2D eigenvalue weighted by Gasteiger charge is -2.40. The lowest BCUT2D eigenvalue weighted by Crippen LogP contribution is -2.54. The van der Waals surface area contributed by atoms with Crippen LogP contribution in [-0.2, 0) is 4.79 Å².